The zero-order valence-corrected chi connectivity index (χ0v) is 6.41. The van der Waals surface area contributed by atoms with Crippen molar-refractivity contribution in [2.45, 2.75) is 25.9 Å². The van der Waals surface area contributed by atoms with Crippen molar-refractivity contribution >= 4 is 6.41 Å². The smallest absolute Gasteiger partial charge is 0.210 e. The summed E-state index contributed by atoms with van der Waals surface area (Å²) in [4.78, 5) is 12.2. The van der Waals surface area contributed by atoms with Crippen molar-refractivity contribution in [1.29, 1.82) is 0 Å². The quantitative estimate of drug-likeness (QED) is 0.492. The molecular formula is C7H13NO2. The maximum Gasteiger partial charge on any atom is 0.210 e. The number of rotatable bonds is 1. The van der Waals surface area contributed by atoms with Gasteiger partial charge in [-0.2, -0.15) is 0 Å². The Morgan fingerprint density at radius 2 is 1.90 bits per heavy atom. The number of ether oxygens (including phenoxy) is 1. The van der Waals surface area contributed by atoms with Gasteiger partial charge in [0, 0.05) is 0 Å². The molecule has 1 amide bonds. The molecule has 1 heterocycles. The highest BCUT2D eigenvalue weighted by molar-refractivity contribution is 5.48. The number of hydrogen-bond acceptors (Lipinski definition) is 2. The molecule has 0 aromatic rings. The second-order valence-corrected chi connectivity index (χ2v) is 2.79. The molecule has 3 nitrogen and oxygen atoms in total. The van der Waals surface area contributed by atoms with Crippen molar-refractivity contribution in [2.75, 3.05) is 13.2 Å². The standard InChI is InChI=1S/C7H13NO2/c1-6-3-10-4-7(2)8(6)5-9/h5-7H,3-4H2,1-2H3/t6-,7-/m1/s1. The van der Waals surface area contributed by atoms with Crippen molar-refractivity contribution in [3.8, 4) is 0 Å². The van der Waals surface area contributed by atoms with Crippen LogP contribution in [0.1, 0.15) is 13.8 Å². The minimum Gasteiger partial charge on any atom is -0.377 e. The number of morpholine rings is 1. The molecule has 0 aliphatic carbocycles. The van der Waals surface area contributed by atoms with Crippen LogP contribution in [0.15, 0.2) is 0 Å². The molecule has 0 spiro atoms. The lowest BCUT2D eigenvalue weighted by atomic mass is 10.2. The first-order valence-electron chi connectivity index (χ1n) is 3.56. The maximum absolute atomic E-state index is 10.5. The van der Waals surface area contributed by atoms with E-state index < -0.39 is 0 Å². The molecule has 0 unspecified atom stereocenters. The number of nitrogens with zero attached hydrogens (tertiary/aromatic N) is 1. The lowest BCUT2D eigenvalue weighted by Gasteiger charge is -2.35. The van der Waals surface area contributed by atoms with Gasteiger partial charge in [0.2, 0.25) is 6.41 Å². The average Bonchev–Trinajstić information content (AvgIpc) is 1.88. The van der Waals surface area contributed by atoms with Crippen LogP contribution < -0.4 is 0 Å². The first kappa shape index (κ1) is 7.54. The zero-order valence-electron chi connectivity index (χ0n) is 6.41. The van der Waals surface area contributed by atoms with Crippen LogP contribution in [0.3, 0.4) is 0 Å². The van der Waals surface area contributed by atoms with Crippen molar-refractivity contribution in [3.05, 3.63) is 0 Å². The van der Waals surface area contributed by atoms with E-state index in [0.29, 0.717) is 13.2 Å². The van der Waals surface area contributed by atoms with Gasteiger partial charge in [-0.05, 0) is 13.8 Å². The molecule has 1 aliphatic heterocycles. The van der Waals surface area contributed by atoms with E-state index in [9.17, 15) is 4.79 Å². The molecule has 1 saturated heterocycles. The summed E-state index contributed by atoms with van der Waals surface area (Å²) < 4.78 is 5.23. The molecular weight excluding hydrogens is 130 g/mol. The second-order valence-electron chi connectivity index (χ2n) is 2.79. The van der Waals surface area contributed by atoms with Crippen molar-refractivity contribution in [1.82, 2.24) is 4.90 Å². The Hall–Kier alpha value is -0.570. The van der Waals surface area contributed by atoms with Crippen LogP contribution in [0.4, 0.5) is 0 Å². The van der Waals surface area contributed by atoms with Gasteiger partial charge < -0.3 is 9.64 Å². The lowest BCUT2D eigenvalue weighted by Crippen LogP contribution is -2.48. The van der Waals surface area contributed by atoms with Gasteiger partial charge in [0.1, 0.15) is 0 Å². The summed E-state index contributed by atoms with van der Waals surface area (Å²) in [6, 6.07) is 0.475. The molecule has 0 aromatic heterocycles. The van der Waals surface area contributed by atoms with Crippen LogP contribution in [-0.4, -0.2) is 36.6 Å². The van der Waals surface area contributed by atoms with Crippen LogP contribution >= 0.6 is 0 Å². The molecule has 0 bridgehead atoms. The van der Waals surface area contributed by atoms with Gasteiger partial charge in [0.15, 0.2) is 0 Å². The molecule has 2 atom stereocenters. The van der Waals surface area contributed by atoms with E-state index in [4.69, 9.17) is 4.74 Å². The predicted molar refractivity (Wildman–Crippen MR) is 37.6 cm³/mol. The summed E-state index contributed by atoms with van der Waals surface area (Å²) in [6.07, 6.45) is 0.901. The molecule has 58 valence electrons. The van der Waals surface area contributed by atoms with Gasteiger partial charge in [-0.15, -0.1) is 0 Å². The Kier molecular flexibility index (Phi) is 2.27. The molecule has 0 radical (unpaired) electrons. The van der Waals surface area contributed by atoms with Gasteiger partial charge >= 0.3 is 0 Å². The van der Waals surface area contributed by atoms with Gasteiger partial charge in [0.05, 0.1) is 25.3 Å². The fourth-order valence-corrected chi connectivity index (χ4v) is 1.22. The molecule has 1 rings (SSSR count). The largest absolute Gasteiger partial charge is 0.377 e. The number of hydrogen-bond donors (Lipinski definition) is 0. The molecule has 0 aromatic carbocycles. The summed E-state index contributed by atoms with van der Waals surface area (Å²) >= 11 is 0. The lowest BCUT2D eigenvalue weighted by molar-refractivity contribution is -0.130. The minimum absolute atomic E-state index is 0.237. The number of carbonyl (C=O) groups excluding carboxylic acids is 1. The van der Waals surface area contributed by atoms with Crippen molar-refractivity contribution in [3.63, 3.8) is 0 Å². The summed E-state index contributed by atoms with van der Waals surface area (Å²) in [7, 11) is 0. The van der Waals surface area contributed by atoms with Crippen molar-refractivity contribution in [2.24, 2.45) is 0 Å². The Labute approximate surface area is 61.0 Å². The summed E-state index contributed by atoms with van der Waals surface area (Å²) in [5, 5.41) is 0. The zero-order chi connectivity index (χ0) is 7.56. The third-order valence-electron chi connectivity index (χ3n) is 1.86. The first-order valence-corrected chi connectivity index (χ1v) is 3.56. The molecule has 1 aliphatic rings. The van der Waals surface area contributed by atoms with Crippen molar-refractivity contribution < 1.29 is 9.53 Å². The Morgan fingerprint density at radius 3 is 2.20 bits per heavy atom. The summed E-state index contributed by atoms with van der Waals surface area (Å²) in [5.41, 5.74) is 0. The Balaban J connectivity index is 2.53. The van der Waals surface area contributed by atoms with E-state index in [1.54, 1.807) is 4.90 Å². The van der Waals surface area contributed by atoms with E-state index in [0.717, 1.165) is 6.41 Å². The third kappa shape index (κ3) is 1.29. The number of carbonyl (C=O) groups is 1. The maximum atomic E-state index is 10.5. The molecule has 3 heteroatoms. The van der Waals surface area contributed by atoms with Gasteiger partial charge in [-0.25, -0.2) is 0 Å². The Bertz CT molecular complexity index is 117. The second kappa shape index (κ2) is 3.01. The van der Waals surface area contributed by atoms with Gasteiger partial charge in [0.25, 0.3) is 0 Å². The summed E-state index contributed by atoms with van der Waals surface area (Å²) in [5.74, 6) is 0. The fourth-order valence-electron chi connectivity index (χ4n) is 1.22. The monoisotopic (exact) mass is 143 g/mol. The van der Waals surface area contributed by atoms with Crippen LogP contribution in [0.25, 0.3) is 0 Å². The highest BCUT2D eigenvalue weighted by atomic mass is 16.5. The molecule has 0 saturated carbocycles. The van der Waals surface area contributed by atoms with Crippen LogP contribution in [0.2, 0.25) is 0 Å². The van der Waals surface area contributed by atoms with E-state index in [1.165, 1.54) is 0 Å². The Morgan fingerprint density at radius 1 is 1.40 bits per heavy atom. The van der Waals surface area contributed by atoms with Crippen LogP contribution in [-0.2, 0) is 9.53 Å². The number of amides is 1. The molecule has 1 fully saturated rings. The summed E-state index contributed by atoms with van der Waals surface area (Å²) in [6.45, 7) is 5.32. The predicted octanol–water partition coefficient (Wildman–Crippen LogP) is 0.252. The average molecular weight is 143 g/mol. The first-order chi connectivity index (χ1) is 4.75. The highest BCUT2D eigenvalue weighted by Crippen LogP contribution is 2.09. The normalized spacial score (nSPS) is 34.0. The van der Waals surface area contributed by atoms with Crippen LogP contribution in [0, 0.1) is 0 Å². The SMILES string of the molecule is C[C@@H]1COC[C@@H](C)N1C=O. The molecule has 10 heavy (non-hydrogen) atoms. The van der Waals surface area contributed by atoms with Crippen LogP contribution in [0.5, 0.6) is 0 Å². The third-order valence-corrected chi connectivity index (χ3v) is 1.86. The topological polar surface area (TPSA) is 29.5 Å². The van der Waals surface area contributed by atoms with E-state index in [-0.39, 0.29) is 12.1 Å². The van der Waals surface area contributed by atoms with E-state index in [1.807, 2.05) is 13.8 Å². The minimum atomic E-state index is 0.237. The van der Waals surface area contributed by atoms with Gasteiger partial charge in [-0.3, -0.25) is 4.79 Å². The fraction of sp³-hybridized carbons (Fsp3) is 0.857. The molecule has 0 N–H and O–H groups in total. The van der Waals surface area contributed by atoms with E-state index in [2.05, 4.69) is 0 Å². The highest BCUT2D eigenvalue weighted by Gasteiger charge is 2.22. The van der Waals surface area contributed by atoms with Gasteiger partial charge in [-0.1, -0.05) is 0 Å². The van der Waals surface area contributed by atoms with E-state index >= 15 is 0 Å².